The Morgan fingerprint density at radius 3 is 1.70 bits per heavy atom. The minimum absolute atomic E-state index is 0.0123. The molecule has 0 aliphatic carbocycles. The van der Waals surface area contributed by atoms with Gasteiger partial charge in [0.15, 0.2) is 12.5 Å². The van der Waals surface area contributed by atoms with Crippen molar-refractivity contribution < 1.29 is 69.1 Å². The third-order valence-corrected chi connectivity index (χ3v) is 9.36. The highest BCUT2D eigenvalue weighted by Crippen LogP contribution is 2.28. The molecule has 3 aromatic carbocycles. The van der Waals surface area contributed by atoms with Crippen LogP contribution in [0.1, 0.15) is 16.7 Å². The first-order valence-corrected chi connectivity index (χ1v) is 18.0. The van der Waals surface area contributed by atoms with Gasteiger partial charge in [-0.15, -0.1) is 0 Å². The van der Waals surface area contributed by atoms with E-state index in [1.807, 2.05) is 6.07 Å². The molecule has 18 nitrogen and oxygen atoms in total. The van der Waals surface area contributed by atoms with Crippen LogP contribution in [-0.2, 0) is 48.0 Å². The molecule has 2 heterocycles. The number of benzene rings is 3. The van der Waals surface area contributed by atoms with Crippen LogP contribution in [0.2, 0.25) is 0 Å². The summed E-state index contributed by atoms with van der Waals surface area (Å²) in [7, 11) is 0. The number of rotatable bonds is 16. The van der Waals surface area contributed by atoms with E-state index >= 15 is 0 Å². The van der Waals surface area contributed by atoms with Crippen molar-refractivity contribution in [1.29, 1.82) is 0 Å². The van der Waals surface area contributed by atoms with Gasteiger partial charge in [-0.2, -0.15) is 0 Å². The molecule has 0 radical (unpaired) electrons. The van der Waals surface area contributed by atoms with Crippen molar-refractivity contribution in [3.05, 3.63) is 108 Å². The second-order valence-electron chi connectivity index (χ2n) is 13.4. The number of carbonyl (C=O) groups is 3. The summed E-state index contributed by atoms with van der Waals surface area (Å²) >= 11 is 0. The van der Waals surface area contributed by atoms with E-state index in [1.165, 1.54) is 0 Å². The second-order valence-corrected chi connectivity index (χ2v) is 13.4. The maximum atomic E-state index is 13.9. The molecule has 0 saturated carbocycles. The van der Waals surface area contributed by atoms with E-state index in [4.69, 9.17) is 18.9 Å². The smallest absolute Gasteiger partial charge is 0.408 e. The Labute approximate surface area is 322 Å². The van der Waals surface area contributed by atoms with E-state index in [9.17, 15) is 50.1 Å². The second kappa shape index (κ2) is 20.6. The minimum atomic E-state index is -1.84. The molecular formula is C38H48N4O14. The van der Waals surface area contributed by atoms with Crippen LogP contribution in [-0.4, -0.2) is 140 Å². The van der Waals surface area contributed by atoms with Gasteiger partial charge in [0.1, 0.15) is 67.5 Å². The summed E-state index contributed by atoms with van der Waals surface area (Å²) in [5.41, 5.74) is 6.98. The van der Waals surface area contributed by atoms with E-state index < -0.39 is 105 Å². The van der Waals surface area contributed by atoms with Crippen molar-refractivity contribution in [2.75, 3.05) is 13.2 Å². The van der Waals surface area contributed by atoms with Gasteiger partial charge >= 0.3 is 6.09 Å². The highest BCUT2D eigenvalue weighted by atomic mass is 16.7. The molecule has 1 unspecified atom stereocenters. The zero-order chi connectivity index (χ0) is 40.2. The van der Waals surface area contributed by atoms with Gasteiger partial charge in [-0.3, -0.25) is 15.0 Å². The number of amides is 3. The number of aliphatic hydroxyl groups excluding tert-OH is 7. The first-order valence-electron chi connectivity index (χ1n) is 18.0. The highest BCUT2D eigenvalue weighted by Gasteiger charge is 2.50. The van der Waals surface area contributed by atoms with Crippen LogP contribution in [0.5, 0.6) is 0 Å². The number of carbonyl (C=O) groups excluding carboxylic acids is 3. The summed E-state index contributed by atoms with van der Waals surface area (Å²) in [4.78, 5) is 40.5. The molecule has 3 amide bonds. The number of ether oxygens (including phenoxy) is 4. The van der Waals surface area contributed by atoms with Crippen molar-refractivity contribution in [2.24, 2.45) is 0 Å². The summed E-state index contributed by atoms with van der Waals surface area (Å²) in [6.45, 7) is -1.59. The molecule has 5 rings (SSSR count). The lowest BCUT2D eigenvalue weighted by atomic mass is 9.96. The highest BCUT2D eigenvalue weighted by molar-refractivity contribution is 5.91. The van der Waals surface area contributed by atoms with Crippen molar-refractivity contribution >= 4 is 17.9 Å². The lowest BCUT2D eigenvalue weighted by Crippen LogP contribution is -2.68. The van der Waals surface area contributed by atoms with Crippen LogP contribution in [0.25, 0.3) is 0 Å². The molecule has 2 saturated heterocycles. The van der Waals surface area contributed by atoms with Crippen LogP contribution >= 0.6 is 0 Å². The van der Waals surface area contributed by atoms with E-state index in [2.05, 4.69) is 21.5 Å². The molecule has 12 atom stereocenters. The minimum Gasteiger partial charge on any atom is -0.445 e. The zero-order valence-corrected chi connectivity index (χ0v) is 30.1. The van der Waals surface area contributed by atoms with Crippen LogP contribution < -0.4 is 21.5 Å². The Bertz CT molecular complexity index is 1670. The molecule has 11 N–H and O–H groups in total. The topological polar surface area (TPSA) is 278 Å². The predicted molar refractivity (Wildman–Crippen MR) is 193 cm³/mol. The molecule has 18 heteroatoms. The van der Waals surface area contributed by atoms with Crippen LogP contribution in [0.3, 0.4) is 0 Å². The summed E-state index contributed by atoms with van der Waals surface area (Å²) in [5.74, 6) is -1.52. The van der Waals surface area contributed by atoms with Gasteiger partial charge in [0.2, 0.25) is 5.91 Å². The van der Waals surface area contributed by atoms with Crippen molar-refractivity contribution in [1.82, 2.24) is 21.5 Å². The van der Waals surface area contributed by atoms with Crippen molar-refractivity contribution in [3.63, 3.8) is 0 Å². The van der Waals surface area contributed by atoms with E-state index in [-0.39, 0.29) is 19.4 Å². The maximum Gasteiger partial charge on any atom is 0.408 e. The molecule has 3 aromatic rings. The molecule has 2 aliphatic heterocycles. The Balaban J connectivity index is 1.26. The zero-order valence-electron chi connectivity index (χ0n) is 30.1. The number of hydrogen-bond donors (Lipinski definition) is 11. The summed E-state index contributed by atoms with van der Waals surface area (Å²) in [6, 6.07) is 24.2. The van der Waals surface area contributed by atoms with Crippen LogP contribution in [0, 0.1) is 0 Å². The van der Waals surface area contributed by atoms with Gasteiger partial charge in [0.05, 0.1) is 13.2 Å². The van der Waals surface area contributed by atoms with Gasteiger partial charge in [0.25, 0.3) is 5.91 Å². The third-order valence-electron chi connectivity index (χ3n) is 9.36. The Hall–Kier alpha value is -4.57. The average molecular weight is 785 g/mol. The number of nitrogens with one attached hydrogen (secondary N) is 4. The predicted octanol–water partition coefficient (Wildman–Crippen LogP) is -2.50. The largest absolute Gasteiger partial charge is 0.445 e. The summed E-state index contributed by atoms with van der Waals surface area (Å²) in [5, 5.41) is 77.4. The maximum absolute atomic E-state index is 13.9. The fraction of sp³-hybridized carbons (Fsp3) is 0.447. The van der Waals surface area contributed by atoms with Crippen molar-refractivity contribution in [2.45, 2.75) is 92.9 Å². The fourth-order valence-electron chi connectivity index (χ4n) is 6.24. The monoisotopic (exact) mass is 784 g/mol. The SMILES string of the molecule is O=C(N[C@@H](Cc1ccccc1)C(=O)N[C@@H](Cc1ccccc1)C(=O)NNC1O[C@H](CO)[C@@H](O[C@@H]2O[C@H](CO)[C@H](O)[C@H](O)[C@H]2O)[C@H](O)[C@H]1O)OCc1ccccc1. The van der Waals surface area contributed by atoms with Crippen molar-refractivity contribution in [3.8, 4) is 0 Å². The fourth-order valence-corrected chi connectivity index (χ4v) is 6.24. The Morgan fingerprint density at radius 2 is 1.14 bits per heavy atom. The van der Waals surface area contributed by atoms with Crippen LogP contribution in [0.15, 0.2) is 91.0 Å². The molecule has 2 aliphatic rings. The molecule has 304 valence electrons. The number of alkyl carbamates (subject to hydrolysis) is 1. The quantitative estimate of drug-likeness (QED) is 0.0670. The number of aliphatic hydroxyl groups is 7. The third kappa shape index (κ3) is 11.3. The summed E-state index contributed by atoms with van der Waals surface area (Å²) in [6.07, 6.45) is -17.4. The van der Waals surface area contributed by atoms with Gasteiger partial charge in [-0.25, -0.2) is 10.2 Å². The molecule has 2 fully saturated rings. The Kier molecular flexibility index (Phi) is 15.6. The van der Waals surface area contributed by atoms with E-state index in [1.54, 1.807) is 84.9 Å². The number of hydrogen-bond acceptors (Lipinski definition) is 15. The first-order chi connectivity index (χ1) is 27.0. The molecule has 56 heavy (non-hydrogen) atoms. The first kappa shape index (κ1) is 42.6. The van der Waals surface area contributed by atoms with Gasteiger partial charge < -0.3 is 65.3 Å². The lowest BCUT2D eigenvalue weighted by molar-refractivity contribution is -0.343. The summed E-state index contributed by atoms with van der Waals surface area (Å²) < 4.78 is 21.9. The van der Waals surface area contributed by atoms with E-state index in [0.717, 1.165) is 11.1 Å². The average Bonchev–Trinajstić information content (AvgIpc) is 3.22. The molecular weight excluding hydrogens is 736 g/mol. The molecule has 0 bridgehead atoms. The standard InChI is InChI=1S/C38H48N4O14/c43-18-26-28(45)29(46)32(49)37(55-26)56-33-27(19-44)54-36(31(48)30(33)47)42-41-35(51)25(17-22-12-6-2-7-13-22)39-34(50)24(16-21-10-4-1-5-11-21)40-38(52)53-20-23-14-8-3-9-15-23/h1-15,24-33,36-37,42-49H,16-20H2,(H,39,50)(H,40,52)(H,41,51)/t24-,25-,26+,27+,28-,29-,30+,31+,32+,33+,36?,37-/m0/s1. The molecule has 0 aromatic heterocycles. The lowest BCUT2D eigenvalue weighted by Gasteiger charge is -2.46. The van der Waals surface area contributed by atoms with Crippen LogP contribution in [0.4, 0.5) is 4.79 Å². The normalized spacial score (nSPS) is 28.7. The Morgan fingerprint density at radius 1 is 0.607 bits per heavy atom. The van der Waals surface area contributed by atoms with Gasteiger partial charge in [-0.1, -0.05) is 91.0 Å². The van der Waals surface area contributed by atoms with Gasteiger partial charge in [0, 0.05) is 12.8 Å². The molecule has 0 spiro atoms. The number of hydrazine groups is 1. The van der Waals surface area contributed by atoms with E-state index in [0.29, 0.717) is 5.56 Å². The van der Waals surface area contributed by atoms with Gasteiger partial charge in [-0.05, 0) is 16.7 Å².